The molecular weight excluding hydrogens is 671 g/mol. The molecule has 0 saturated carbocycles. The Hall–Kier alpha value is -4.35. The van der Waals surface area contributed by atoms with Crippen molar-refractivity contribution in [3.05, 3.63) is 119 Å². The van der Waals surface area contributed by atoms with Gasteiger partial charge in [-0.2, -0.15) is 0 Å². The molecule has 3 N–H and O–H groups in total. The van der Waals surface area contributed by atoms with E-state index in [-0.39, 0.29) is 37.3 Å². The fraction of sp³-hybridized carbons (Fsp3) is 0.405. The molecule has 1 spiro atoms. The minimum Gasteiger partial charge on any atom is -0.432 e. The van der Waals surface area contributed by atoms with E-state index in [1.165, 1.54) is 5.57 Å². The second-order valence-corrected chi connectivity index (χ2v) is 18.9. The summed E-state index contributed by atoms with van der Waals surface area (Å²) in [7, 11) is -3.06. The van der Waals surface area contributed by atoms with Gasteiger partial charge in [0.15, 0.2) is 13.9 Å². The molecule has 0 bridgehead atoms. The Morgan fingerprint density at radius 3 is 2.31 bits per heavy atom. The number of ether oxygens (including phenoxy) is 1. The van der Waals surface area contributed by atoms with Gasteiger partial charge >= 0.3 is 0 Å². The maximum absolute atomic E-state index is 14.9. The van der Waals surface area contributed by atoms with Crippen LogP contribution in [0, 0.1) is 5.92 Å². The van der Waals surface area contributed by atoms with E-state index in [4.69, 9.17) is 4.74 Å². The molecule has 52 heavy (non-hydrogen) atoms. The topological polar surface area (TPSA) is 119 Å². The number of anilines is 2. The molecule has 1 fully saturated rings. The van der Waals surface area contributed by atoms with E-state index < -0.39 is 31.5 Å². The minimum absolute atomic E-state index is 0.0585. The van der Waals surface area contributed by atoms with Crippen LogP contribution in [0.3, 0.4) is 0 Å². The predicted octanol–water partition coefficient (Wildman–Crippen LogP) is 7.19. The average molecular weight is 724 g/mol. The fourth-order valence-corrected chi connectivity index (χ4v) is 10.3. The van der Waals surface area contributed by atoms with E-state index in [9.17, 15) is 24.3 Å². The first-order valence-corrected chi connectivity index (χ1v) is 21.2. The van der Waals surface area contributed by atoms with E-state index in [0.29, 0.717) is 35.6 Å². The Balaban J connectivity index is 1.52. The normalized spacial score (nSPS) is 21.3. The summed E-state index contributed by atoms with van der Waals surface area (Å²) in [6.07, 6.45) is 5.24. The lowest BCUT2D eigenvalue weighted by Crippen LogP contribution is -2.46. The number of hydrogen-bond acceptors (Lipinski definition) is 6. The Morgan fingerprint density at radius 1 is 1.00 bits per heavy atom. The average Bonchev–Trinajstić information content (AvgIpc) is 3.53. The summed E-state index contributed by atoms with van der Waals surface area (Å²) in [5.41, 5.74) is 3.70. The van der Waals surface area contributed by atoms with Crippen LogP contribution >= 0.6 is 0 Å². The van der Waals surface area contributed by atoms with Gasteiger partial charge < -0.3 is 29.8 Å². The van der Waals surface area contributed by atoms with Crippen molar-refractivity contribution in [2.24, 2.45) is 5.92 Å². The number of aliphatic hydroxyl groups is 1. The van der Waals surface area contributed by atoms with Gasteiger partial charge in [0.1, 0.15) is 0 Å². The van der Waals surface area contributed by atoms with Gasteiger partial charge in [-0.25, -0.2) is 0 Å². The number of nitrogens with zero attached hydrogens (tertiary/aromatic N) is 2. The Kier molecular flexibility index (Phi) is 12.4. The molecule has 0 radical (unpaired) electrons. The molecule has 0 aromatic heterocycles. The van der Waals surface area contributed by atoms with E-state index in [1.807, 2.05) is 68.5 Å². The number of carbonyl (C=O) groups excluding carboxylic acids is 3. The highest BCUT2D eigenvalue weighted by Crippen LogP contribution is 2.60. The SMILES string of the molecule is CC(C)=CCC/C(C)=C/CN1C(=O)[C@]2(O[C@H](CC(=O)N(CCO)Cc3ccccc3)[C@@H]([Si](C)(C)O)[C@@H]2C)c2cc(NC(=O)c3ccccc3)ccc21. The lowest BCUT2D eigenvalue weighted by molar-refractivity contribution is -0.149. The number of allylic oxidation sites excluding steroid dienone is 3. The lowest BCUT2D eigenvalue weighted by Gasteiger charge is -2.32. The summed E-state index contributed by atoms with van der Waals surface area (Å²) in [4.78, 5) is 57.3. The smallest absolute Gasteiger partial charge is 0.264 e. The van der Waals surface area contributed by atoms with Gasteiger partial charge in [0.2, 0.25) is 5.91 Å². The third-order valence-electron chi connectivity index (χ3n) is 10.3. The fourth-order valence-electron chi connectivity index (χ4n) is 7.78. The summed E-state index contributed by atoms with van der Waals surface area (Å²) in [5, 5.41) is 12.9. The molecule has 2 heterocycles. The van der Waals surface area contributed by atoms with E-state index in [2.05, 4.69) is 38.2 Å². The van der Waals surface area contributed by atoms with E-state index in [0.717, 1.165) is 24.0 Å². The maximum Gasteiger partial charge on any atom is 0.264 e. The quantitative estimate of drug-likeness (QED) is 0.120. The molecule has 2 aliphatic heterocycles. The molecule has 3 aromatic rings. The third kappa shape index (κ3) is 8.47. The van der Waals surface area contributed by atoms with Gasteiger partial charge in [-0.3, -0.25) is 14.4 Å². The summed E-state index contributed by atoms with van der Waals surface area (Å²) < 4.78 is 6.95. The van der Waals surface area contributed by atoms with Crippen LogP contribution in [0.25, 0.3) is 0 Å². The first kappa shape index (κ1) is 38.9. The van der Waals surface area contributed by atoms with Crippen molar-refractivity contribution >= 4 is 37.4 Å². The van der Waals surface area contributed by atoms with Crippen LogP contribution in [0.2, 0.25) is 18.6 Å². The van der Waals surface area contributed by atoms with Crippen LogP contribution in [-0.4, -0.2) is 66.6 Å². The van der Waals surface area contributed by atoms with Crippen molar-refractivity contribution in [3.63, 3.8) is 0 Å². The van der Waals surface area contributed by atoms with Gasteiger partial charge in [-0.1, -0.05) is 78.8 Å². The van der Waals surface area contributed by atoms with Crippen molar-refractivity contribution in [3.8, 4) is 0 Å². The number of nitrogens with one attached hydrogen (secondary N) is 1. The van der Waals surface area contributed by atoms with E-state index >= 15 is 0 Å². The van der Waals surface area contributed by atoms with Crippen LogP contribution < -0.4 is 10.2 Å². The van der Waals surface area contributed by atoms with Crippen LogP contribution in [0.1, 0.15) is 68.4 Å². The number of fused-ring (bicyclic) bond motifs is 2. The molecule has 5 rings (SSSR count). The Bertz CT molecular complexity index is 1800. The van der Waals surface area contributed by atoms with Crippen LogP contribution in [-0.2, 0) is 26.5 Å². The van der Waals surface area contributed by atoms with Gasteiger partial charge in [0.25, 0.3) is 11.8 Å². The van der Waals surface area contributed by atoms with Crippen LogP contribution in [0.5, 0.6) is 0 Å². The van der Waals surface area contributed by atoms with Crippen molar-refractivity contribution in [1.29, 1.82) is 0 Å². The summed E-state index contributed by atoms with van der Waals surface area (Å²) >= 11 is 0. The molecule has 0 aliphatic carbocycles. The molecule has 3 aromatic carbocycles. The second kappa shape index (κ2) is 16.5. The summed E-state index contributed by atoms with van der Waals surface area (Å²) in [6, 6.07) is 24.0. The molecule has 3 amide bonds. The summed E-state index contributed by atoms with van der Waals surface area (Å²) in [6.45, 7) is 12.4. The maximum atomic E-state index is 14.9. The van der Waals surface area contributed by atoms with Crippen LogP contribution in [0.15, 0.2) is 102 Å². The standard InChI is InChI=1S/C42H53N3O6Si/c1-29(2)14-13-15-30(3)22-23-45-36-21-20-34(43-40(48)33-18-11-8-12-19-33)26-35(36)42(41(45)49)31(4)39(52(5,6)50)37(51-42)27-38(47)44(24-25-46)28-32-16-9-7-10-17-32/h7-12,14,16-22,26,31,37,39,46,50H,13,15,23-25,27-28H2,1-6H3,(H,43,48)/b30-22+/t31-,37+,39-,42+/m0/s1. The van der Waals surface area contributed by atoms with Crippen molar-refractivity contribution in [1.82, 2.24) is 4.90 Å². The molecule has 9 nitrogen and oxygen atoms in total. The lowest BCUT2D eigenvalue weighted by atomic mass is 9.82. The van der Waals surface area contributed by atoms with Gasteiger partial charge in [0.05, 0.1) is 24.8 Å². The predicted molar refractivity (Wildman–Crippen MR) is 208 cm³/mol. The molecule has 4 atom stereocenters. The van der Waals surface area contributed by atoms with Crippen LogP contribution in [0.4, 0.5) is 11.4 Å². The first-order valence-electron chi connectivity index (χ1n) is 18.2. The zero-order valence-electron chi connectivity index (χ0n) is 31.3. The Morgan fingerprint density at radius 2 is 1.67 bits per heavy atom. The zero-order chi connectivity index (χ0) is 37.6. The Labute approximate surface area is 309 Å². The minimum atomic E-state index is -3.06. The highest BCUT2D eigenvalue weighted by atomic mass is 28.4. The highest BCUT2D eigenvalue weighted by Gasteiger charge is 2.66. The van der Waals surface area contributed by atoms with E-state index in [1.54, 1.807) is 40.1 Å². The highest BCUT2D eigenvalue weighted by molar-refractivity contribution is 6.71. The molecule has 0 unspecified atom stereocenters. The monoisotopic (exact) mass is 723 g/mol. The number of benzene rings is 3. The molecule has 1 saturated heterocycles. The first-order chi connectivity index (χ1) is 24.8. The largest absolute Gasteiger partial charge is 0.432 e. The second-order valence-electron chi connectivity index (χ2n) is 14.9. The number of rotatable bonds is 14. The summed E-state index contributed by atoms with van der Waals surface area (Å²) in [5.74, 6) is -1.24. The zero-order valence-corrected chi connectivity index (χ0v) is 32.3. The molecule has 2 aliphatic rings. The molecular formula is C42H53N3O6Si. The molecule has 276 valence electrons. The third-order valence-corrected chi connectivity index (χ3v) is 12.8. The number of amides is 3. The van der Waals surface area contributed by atoms with Crippen molar-refractivity contribution in [2.75, 3.05) is 29.9 Å². The van der Waals surface area contributed by atoms with Crippen molar-refractivity contribution in [2.45, 2.75) is 83.8 Å². The molecule has 10 heteroatoms. The number of aliphatic hydroxyl groups excluding tert-OH is 1. The van der Waals surface area contributed by atoms with Gasteiger partial charge in [-0.15, -0.1) is 0 Å². The van der Waals surface area contributed by atoms with Crippen molar-refractivity contribution < 1.29 is 29.0 Å². The van der Waals surface area contributed by atoms with Gasteiger partial charge in [0, 0.05) is 47.9 Å². The number of hydrogen-bond donors (Lipinski definition) is 3. The number of carbonyl (C=O) groups is 3. The van der Waals surface area contributed by atoms with Gasteiger partial charge in [-0.05, 0) is 82.6 Å².